The Kier molecular flexibility index (Phi) is 8.36. The number of hydrogen-bond acceptors (Lipinski definition) is 7. The fraction of sp³-hybridized carbons (Fsp3) is 0.160. The highest BCUT2D eigenvalue weighted by atomic mass is 33.1. The molecular formula is C25H23F2N5O2S2. The maximum absolute atomic E-state index is 14.4. The molecule has 0 aliphatic carbocycles. The predicted octanol–water partition coefficient (Wildman–Crippen LogP) is 5.31. The molecule has 1 heterocycles. The van der Waals surface area contributed by atoms with Gasteiger partial charge in [0.1, 0.15) is 11.6 Å². The highest BCUT2D eigenvalue weighted by Gasteiger charge is 2.18. The van der Waals surface area contributed by atoms with Crippen LogP contribution in [0.2, 0.25) is 0 Å². The normalized spacial score (nSPS) is 11.2. The quantitative estimate of drug-likeness (QED) is 0.173. The van der Waals surface area contributed by atoms with Crippen LogP contribution < -0.4 is 5.48 Å². The fourth-order valence-electron chi connectivity index (χ4n) is 3.62. The molecule has 11 heteroatoms. The first-order chi connectivity index (χ1) is 17.4. The molecule has 186 valence electrons. The highest BCUT2D eigenvalue weighted by Crippen LogP contribution is 2.40. The zero-order valence-electron chi connectivity index (χ0n) is 19.5. The first kappa shape index (κ1) is 25.8. The molecule has 4 rings (SSSR count). The van der Waals surface area contributed by atoms with Gasteiger partial charge in [0.25, 0.3) is 5.91 Å². The lowest BCUT2D eigenvalue weighted by Crippen LogP contribution is -2.19. The smallest absolute Gasteiger partial charge is 0.274 e. The molecule has 0 aliphatic rings. The minimum atomic E-state index is -0.997. The van der Waals surface area contributed by atoms with Gasteiger partial charge in [-0.3, -0.25) is 14.9 Å². The Morgan fingerprint density at radius 2 is 1.64 bits per heavy atom. The van der Waals surface area contributed by atoms with Crippen molar-refractivity contribution in [1.29, 1.82) is 0 Å². The van der Waals surface area contributed by atoms with E-state index in [4.69, 9.17) is 5.21 Å². The third-order valence-electron chi connectivity index (χ3n) is 5.33. The third-order valence-corrected chi connectivity index (χ3v) is 7.67. The van der Waals surface area contributed by atoms with Gasteiger partial charge in [-0.05, 0) is 58.0 Å². The summed E-state index contributed by atoms with van der Waals surface area (Å²) in [7, 11) is 5.73. The summed E-state index contributed by atoms with van der Waals surface area (Å²) < 4.78 is 30.5. The molecule has 0 saturated heterocycles. The molecule has 0 atom stereocenters. The van der Waals surface area contributed by atoms with Crippen molar-refractivity contribution < 1.29 is 18.8 Å². The lowest BCUT2D eigenvalue weighted by molar-refractivity contribution is 0.0705. The van der Waals surface area contributed by atoms with Crippen LogP contribution in [0, 0.1) is 11.6 Å². The molecule has 0 aliphatic heterocycles. The van der Waals surface area contributed by atoms with Crippen LogP contribution in [0.5, 0.6) is 0 Å². The summed E-state index contributed by atoms with van der Waals surface area (Å²) in [5.41, 5.74) is 4.27. The molecule has 0 radical (unpaired) electrons. The summed E-state index contributed by atoms with van der Waals surface area (Å²) >= 11 is 0. The van der Waals surface area contributed by atoms with E-state index in [1.807, 2.05) is 30.3 Å². The summed E-state index contributed by atoms with van der Waals surface area (Å²) in [5, 5.41) is 17.6. The summed E-state index contributed by atoms with van der Waals surface area (Å²) in [6.07, 6.45) is 0. The maximum Gasteiger partial charge on any atom is 0.274 e. The van der Waals surface area contributed by atoms with Gasteiger partial charge in [-0.25, -0.2) is 14.3 Å². The zero-order chi connectivity index (χ0) is 25.7. The Bertz CT molecular complexity index is 1340. The van der Waals surface area contributed by atoms with E-state index in [1.54, 1.807) is 11.6 Å². The minimum Gasteiger partial charge on any atom is -0.304 e. The monoisotopic (exact) mass is 527 g/mol. The largest absolute Gasteiger partial charge is 0.304 e. The van der Waals surface area contributed by atoms with Crippen molar-refractivity contribution in [2.45, 2.75) is 23.1 Å². The standard InChI is InChI=1S/C25H23F2N5O2S2/c1-31(14-16-7-4-3-5-8-16)15-17-9-6-10-18(11-17)23-28-29-25(32(23)2)36-35-22-20(26)12-19(13-21(22)27)24(33)30-34/h3-13,34H,14-15H2,1-2H3,(H,30,33). The van der Waals surface area contributed by atoms with Crippen molar-refractivity contribution in [3.8, 4) is 11.4 Å². The topological polar surface area (TPSA) is 83.3 Å². The Balaban J connectivity index is 1.45. The van der Waals surface area contributed by atoms with Crippen molar-refractivity contribution in [2.75, 3.05) is 7.05 Å². The van der Waals surface area contributed by atoms with Crippen molar-refractivity contribution in [3.63, 3.8) is 0 Å². The zero-order valence-corrected chi connectivity index (χ0v) is 21.1. The molecule has 0 fully saturated rings. The molecule has 0 bridgehead atoms. The maximum atomic E-state index is 14.4. The van der Waals surface area contributed by atoms with Crippen LogP contribution in [-0.2, 0) is 20.1 Å². The van der Waals surface area contributed by atoms with Crippen molar-refractivity contribution >= 4 is 27.5 Å². The lowest BCUT2D eigenvalue weighted by Gasteiger charge is -2.17. The number of nitrogens with one attached hydrogen (secondary N) is 1. The molecule has 3 aromatic carbocycles. The van der Waals surface area contributed by atoms with Gasteiger partial charge in [-0.2, -0.15) is 0 Å². The van der Waals surface area contributed by atoms with Gasteiger partial charge >= 0.3 is 0 Å². The number of rotatable bonds is 9. The number of amides is 1. The summed E-state index contributed by atoms with van der Waals surface area (Å²) in [5.74, 6) is -2.20. The number of hydroxylamine groups is 1. The average molecular weight is 528 g/mol. The second-order valence-corrected chi connectivity index (χ2v) is 10.2. The number of nitrogens with zero attached hydrogens (tertiary/aromatic N) is 4. The second kappa shape index (κ2) is 11.7. The van der Waals surface area contributed by atoms with Gasteiger partial charge in [0.15, 0.2) is 5.82 Å². The minimum absolute atomic E-state index is 0.275. The van der Waals surface area contributed by atoms with Crippen LogP contribution in [-0.4, -0.2) is 37.8 Å². The molecule has 4 aromatic rings. The Morgan fingerprint density at radius 1 is 0.972 bits per heavy atom. The Hall–Kier alpha value is -3.25. The van der Waals surface area contributed by atoms with Gasteiger partial charge < -0.3 is 4.57 Å². The van der Waals surface area contributed by atoms with Gasteiger partial charge in [-0.1, -0.05) is 48.5 Å². The van der Waals surface area contributed by atoms with E-state index in [0.29, 0.717) is 11.0 Å². The van der Waals surface area contributed by atoms with E-state index in [9.17, 15) is 13.6 Å². The van der Waals surface area contributed by atoms with Crippen LogP contribution >= 0.6 is 21.6 Å². The number of aromatic nitrogens is 3. The summed E-state index contributed by atoms with van der Waals surface area (Å²) in [4.78, 5) is 13.4. The van der Waals surface area contributed by atoms with Gasteiger partial charge in [0.05, 0.1) is 4.90 Å². The fourth-order valence-corrected chi connectivity index (χ4v) is 5.72. The number of carbonyl (C=O) groups is 1. The van der Waals surface area contributed by atoms with Crippen LogP contribution in [0.1, 0.15) is 21.5 Å². The lowest BCUT2D eigenvalue weighted by atomic mass is 10.1. The van der Waals surface area contributed by atoms with E-state index < -0.39 is 17.5 Å². The molecule has 1 amide bonds. The average Bonchev–Trinajstić information content (AvgIpc) is 3.23. The van der Waals surface area contributed by atoms with E-state index in [0.717, 1.165) is 57.9 Å². The first-order valence-electron chi connectivity index (χ1n) is 10.8. The second-order valence-electron chi connectivity index (χ2n) is 8.10. The van der Waals surface area contributed by atoms with Crippen LogP contribution in [0.25, 0.3) is 11.4 Å². The molecule has 0 saturated carbocycles. The van der Waals surface area contributed by atoms with Crippen molar-refractivity contribution in [2.24, 2.45) is 7.05 Å². The molecule has 36 heavy (non-hydrogen) atoms. The van der Waals surface area contributed by atoms with Gasteiger partial charge in [0, 0.05) is 31.3 Å². The molecule has 7 nitrogen and oxygen atoms in total. The Labute approximate surface area is 214 Å². The van der Waals surface area contributed by atoms with E-state index >= 15 is 0 Å². The number of carbonyl (C=O) groups excluding carboxylic acids is 1. The van der Waals surface area contributed by atoms with Crippen LogP contribution in [0.15, 0.2) is 76.8 Å². The van der Waals surface area contributed by atoms with Crippen LogP contribution in [0.4, 0.5) is 8.78 Å². The van der Waals surface area contributed by atoms with E-state index in [2.05, 4.69) is 46.4 Å². The molecule has 2 N–H and O–H groups in total. The molecule has 0 unspecified atom stereocenters. The first-order valence-corrected chi connectivity index (χ1v) is 13.0. The number of halogens is 2. The van der Waals surface area contributed by atoms with Crippen LogP contribution in [0.3, 0.4) is 0 Å². The van der Waals surface area contributed by atoms with Gasteiger partial charge in [-0.15, -0.1) is 10.2 Å². The van der Waals surface area contributed by atoms with E-state index in [-0.39, 0.29) is 10.5 Å². The predicted molar refractivity (Wildman–Crippen MR) is 135 cm³/mol. The summed E-state index contributed by atoms with van der Waals surface area (Å²) in [6.45, 7) is 1.58. The SMILES string of the molecule is CN(Cc1ccccc1)Cc1cccc(-c2nnc(SSc3c(F)cc(C(=O)NO)cc3F)n2C)c1. The van der Waals surface area contributed by atoms with Gasteiger partial charge in [0.2, 0.25) is 5.16 Å². The summed E-state index contributed by atoms with van der Waals surface area (Å²) in [6, 6.07) is 20.0. The number of benzene rings is 3. The molecular weight excluding hydrogens is 504 g/mol. The third kappa shape index (κ3) is 6.11. The van der Waals surface area contributed by atoms with Crippen molar-refractivity contribution in [1.82, 2.24) is 25.1 Å². The molecule has 0 spiro atoms. The molecule has 1 aromatic heterocycles. The Morgan fingerprint density at radius 3 is 2.33 bits per heavy atom. The van der Waals surface area contributed by atoms with Crippen molar-refractivity contribution in [3.05, 3.63) is 95.1 Å². The highest BCUT2D eigenvalue weighted by molar-refractivity contribution is 8.76. The van der Waals surface area contributed by atoms with E-state index in [1.165, 1.54) is 11.0 Å². The number of hydrogen-bond donors (Lipinski definition) is 2.